The van der Waals surface area contributed by atoms with Crippen molar-refractivity contribution >= 4 is 28.4 Å². The van der Waals surface area contributed by atoms with Gasteiger partial charge in [0.05, 0.1) is 6.61 Å². The third-order valence-electron chi connectivity index (χ3n) is 5.17. The van der Waals surface area contributed by atoms with E-state index in [1.54, 1.807) is 0 Å². The summed E-state index contributed by atoms with van der Waals surface area (Å²) in [4.78, 5) is 15.5. The van der Waals surface area contributed by atoms with Gasteiger partial charge in [0, 0.05) is 4.88 Å². The average Bonchev–Trinajstić information content (AvgIpc) is 2.99. The predicted octanol–water partition coefficient (Wildman–Crippen LogP) is 5.66. The van der Waals surface area contributed by atoms with E-state index in [0.29, 0.717) is 11.6 Å². The summed E-state index contributed by atoms with van der Waals surface area (Å²) in [7, 11) is 0. The van der Waals surface area contributed by atoms with Gasteiger partial charge in [-0.1, -0.05) is 89.4 Å². The van der Waals surface area contributed by atoms with Crippen molar-refractivity contribution in [3.05, 3.63) is 16.0 Å². The summed E-state index contributed by atoms with van der Waals surface area (Å²) in [6.07, 6.45) is 14.7. The second kappa shape index (κ2) is 15.3. The smallest absolute Gasteiger partial charge is 0.477 e. The summed E-state index contributed by atoms with van der Waals surface area (Å²) in [5.41, 5.74) is 1.04. The summed E-state index contributed by atoms with van der Waals surface area (Å²) in [5.74, 6) is -0.973. The number of carboxylic acids is 1. The zero-order valence-corrected chi connectivity index (χ0v) is 19.3. The number of ether oxygens (including phenoxy) is 1. The van der Waals surface area contributed by atoms with Crippen LogP contribution in [0.25, 0.3) is 0 Å². The quantitative estimate of drug-likeness (QED) is 0.181. The Morgan fingerprint density at radius 3 is 2.03 bits per heavy atom. The lowest BCUT2D eigenvalue weighted by Gasteiger charge is -2.01. The molecule has 5 nitrogen and oxygen atoms in total. The number of nitrogens with one attached hydrogen (secondary N) is 1. The van der Waals surface area contributed by atoms with E-state index in [-0.39, 0.29) is 11.6 Å². The summed E-state index contributed by atoms with van der Waals surface area (Å²) < 4.78 is 5.35. The second-order valence-corrected chi connectivity index (χ2v) is 8.83. The van der Waals surface area contributed by atoms with Gasteiger partial charge in [0.1, 0.15) is 5.56 Å². The average molecular weight is 427 g/mol. The molecule has 1 rings (SSSR count). The fourth-order valence-electron chi connectivity index (χ4n) is 3.39. The van der Waals surface area contributed by atoms with E-state index in [1.165, 1.54) is 69.1 Å². The van der Waals surface area contributed by atoms with Gasteiger partial charge < -0.3 is 14.9 Å². The molecule has 0 bridgehead atoms. The predicted molar refractivity (Wildman–Crippen MR) is 121 cm³/mol. The molecule has 0 spiro atoms. The molecule has 1 heterocycles. The first-order valence-electron chi connectivity index (χ1n) is 11.3. The molecule has 0 aliphatic heterocycles. The van der Waals surface area contributed by atoms with E-state index in [1.807, 2.05) is 6.92 Å². The number of carbonyl (C=O) groups is 1. The molecule has 0 aliphatic carbocycles. The Hall–Kier alpha value is -1.56. The van der Waals surface area contributed by atoms with Gasteiger partial charge in [0.2, 0.25) is 0 Å². The molecule has 29 heavy (non-hydrogen) atoms. The van der Waals surface area contributed by atoms with Crippen LogP contribution in [0.4, 0.5) is 5.00 Å². The third-order valence-corrected chi connectivity index (χ3v) is 6.44. The van der Waals surface area contributed by atoms with Gasteiger partial charge in [-0.3, -0.25) is 0 Å². The van der Waals surface area contributed by atoms with Gasteiger partial charge in [-0.25, -0.2) is 4.79 Å². The molecule has 1 aromatic rings. The largest absolute Gasteiger partial charge is 0.551 e. The molecule has 166 valence electrons. The Labute approximate surface area is 180 Å². The van der Waals surface area contributed by atoms with Crippen LogP contribution in [0.15, 0.2) is 0 Å². The van der Waals surface area contributed by atoms with Crippen LogP contribution in [0.5, 0.6) is 0 Å². The molecular weight excluding hydrogens is 386 g/mol. The second-order valence-electron chi connectivity index (χ2n) is 7.72. The van der Waals surface area contributed by atoms with Crippen molar-refractivity contribution in [3.63, 3.8) is 0 Å². The third kappa shape index (κ3) is 10.2. The van der Waals surface area contributed by atoms with E-state index >= 15 is 0 Å². The van der Waals surface area contributed by atoms with Crippen LogP contribution in [-0.4, -0.2) is 28.9 Å². The number of aliphatic hydroxyl groups is 1. The molecule has 0 atom stereocenters. The number of rotatable bonds is 16. The minimum absolute atomic E-state index is 0.241. The molecule has 1 aromatic heterocycles. The monoisotopic (exact) mass is 426 g/mol. The maximum absolute atomic E-state index is 11.7. The Bertz CT molecular complexity index is 625. The number of aryl methyl sites for hydroxylation is 1. The SMILES string of the molecule is CCCCCCCCO/C(O)=[NH+]/c1sc(CCCCCCCC)c(C)c1C(=O)O. The molecule has 3 N–H and O–H groups in total. The highest BCUT2D eigenvalue weighted by atomic mass is 32.1. The molecule has 0 aliphatic rings. The lowest BCUT2D eigenvalue weighted by atomic mass is 10.1. The number of hydrogen-bond acceptors (Lipinski definition) is 3. The summed E-state index contributed by atoms with van der Waals surface area (Å²) in [6.45, 7) is 6.69. The molecule has 0 fully saturated rings. The van der Waals surface area contributed by atoms with Gasteiger partial charge in [-0.2, -0.15) is 0 Å². The molecule has 0 radical (unpaired) electrons. The highest BCUT2D eigenvalue weighted by molar-refractivity contribution is 7.15. The number of hydrogen-bond donors (Lipinski definition) is 3. The fourth-order valence-corrected chi connectivity index (χ4v) is 4.62. The number of thiophene rings is 1. The van der Waals surface area contributed by atoms with E-state index in [4.69, 9.17) is 4.74 Å². The van der Waals surface area contributed by atoms with E-state index < -0.39 is 5.97 Å². The maximum Gasteiger partial charge on any atom is 0.551 e. The van der Waals surface area contributed by atoms with Crippen LogP contribution in [-0.2, 0) is 11.2 Å². The molecule has 6 heteroatoms. The zero-order valence-electron chi connectivity index (χ0n) is 18.5. The topological polar surface area (TPSA) is 80.7 Å². The Kier molecular flexibility index (Phi) is 13.4. The highest BCUT2D eigenvalue weighted by Gasteiger charge is 2.25. The van der Waals surface area contributed by atoms with Crippen molar-refractivity contribution in [2.75, 3.05) is 6.61 Å². The number of carboxylic acid groups (broad SMARTS) is 1. The number of unbranched alkanes of at least 4 members (excludes halogenated alkanes) is 10. The summed E-state index contributed by atoms with van der Waals surface area (Å²) in [6, 6.07) is 0. The first-order valence-corrected chi connectivity index (χ1v) is 12.1. The molecule has 0 aromatic carbocycles. The van der Waals surface area contributed by atoms with Crippen LogP contribution < -0.4 is 4.99 Å². The van der Waals surface area contributed by atoms with Crippen molar-refractivity contribution in [1.82, 2.24) is 0 Å². The molecule has 0 saturated heterocycles. The Balaban J connectivity index is 2.57. The maximum atomic E-state index is 11.7. The molecule has 0 unspecified atom stereocenters. The molecule has 0 amide bonds. The van der Waals surface area contributed by atoms with Crippen molar-refractivity contribution in [2.24, 2.45) is 0 Å². The van der Waals surface area contributed by atoms with Gasteiger partial charge in [-0.05, 0) is 31.7 Å². The van der Waals surface area contributed by atoms with Gasteiger partial charge in [0.25, 0.3) is 5.00 Å². The Morgan fingerprint density at radius 1 is 0.897 bits per heavy atom. The number of aliphatic hydroxyl groups excluding tert-OH is 1. The van der Waals surface area contributed by atoms with E-state index in [9.17, 15) is 15.0 Å². The lowest BCUT2D eigenvalue weighted by Crippen LogP contribution is -2.67. The minimum atomic E-state index is -0.973. The lowest BCUT2D eigenvalue weighted by molar-refractivity contribution is -0.377. The first-order chi connectivity index (χ1) is 14.0. The van der Waals surface area contributed by atoms with Crippen molar-refractivity contribution in [1.29, 1.82) is 0 Å². The van der Waals surface area contributed by atoms with Crippen LogP contribution in [0, 0.1) is 6.92 Å². The van der Waals surface area contributed by atoms with Crippen LogP contribution >= 0.6 is 11.3 Å². The van der Waals surface area contributed by atoms with Crippen LogP contribution in [0.2, 0.25) is 0 Å². The number of aromatic carboxylic acids is 1. The van der Waals surface area contributed by atoms with Gasteiger partial charge >= 0.3 is 12.1 Å². The Morgan fingerprint density at radius 2 is 1.45 bits per heavy atom. The van der Waals surface area contributed by atoms with Gasteiger partial charge in [-0.15, -0.1) is 4.99 Å². The first kappa shape index (κ1) is 25.5. The fraction of sp³-hybridized carbons (Fsp3) is 0.739. The zero-order chi connectivity index (χ0) is 21.5. The van der Waals surface area contributed by atoms with Crippen molar-refractivity contribution in [3.8, 4) is 0 Å². The van der Waals surface area contributed by atoms with E-state index in [2.05, 4.69) is 18.8 Å². The summed E-state index contributed by atoms with van der Waals surface area (Å²) >= 11 is 1.41. The van der Waals surface area contributed by atoms with Crippen LogP contribution in [0.1, 0.15) is 112 Å². The highest BCUT2D eigenvalue weighted by Crippen LogP contribution is 2.31. The normalized spacial score (nSPS) is 11.8. The standard InChI is InChI=1S/C23H39NO4S/c1-4-6-8-10-12-14-16-19-18(3)20(22(25)26)21(29-19)24-23(27)28-17-15-13-11-9-7-5-2/h4-17H2,1-3H3,(H,24,27)(H,25,26)/p+1. The van der Waals surface area contributed by atoms with Crippen molar-refractivity contribution in [2.45, 2.75) is 104 Å². The van der Waals surface area contributed by atoms with Crippen LogP contribution in [0.3, 0.4) is 0 Å². The minimum Gasteiger partial charge on any atom is -0.477 e. The van der Waals surface area contributed by atoms with Gasteiger partial charge in [0.15, 0.2) is 0 Å². The van der Waals surface area contributed by atoms with E-state index in [0.717, 1.165) is 36.1 Å². The summed E-state index contributed by atoms with van der Waals surface area (Å²) in [5, 5.41) is 20.1. The molecule has 0 saturated carbocycles. The van der Waals surface area contributed by atoms with Crippen molar-refractivity contribution < 1.29 is 24.7 Å². The molecular formula is C23H40NO4S+.